The zero-order chi connectivity index (χ0) is 40.8. The molecule has 0 spiro atoms. The van der Waals surface area contributed by atoms with Crippen molar-refractivity contribution in [3.05, 3.63) is 176 Å². The lowest BCUT2D eigenvalue weighted by Gasteiger charge is -2.20. The van der Waals surface area contributed by atoms with Crippen LogP contribution in [0, 0.1) is 0 Å². The molecule has 0 saturated carbocycles. The summed E-state index contributed by atoms with van der Waals surface area (Å²) < 4.78 is 18.1. The van der Waals surface area contributed by atoms with E-state index >= 15 is 0 Å². The summed E-state index contributed by atoms with van der Waals surface area (Å²) in [4.78, 5) is 28.2. The van der Waals surface area contributed by atoms with Crippen LogP contribution in [0.4, 0.5) is 0 Å². The predicted octanol–water partition coefficient (Wildman–Crippen LogP) is 11.4. The van der Waals surface area contributed by atoms with E-state index in [2.05, 4.69) is 98.8 Å². The fourth-order valence-electron chi connectivity index (χ4n) is 7.30. The van der Waals surface area contributed by atoms with Gasteiger partial charge in [-0.05, 0) is 112 Å². The Morgan fingerprint density at radius 1 is 0.283 bits per heavy atom. The van der Waals surface area contributed by atoms with E-state index in [1.165, 1.54) is 0 Å². The first-order valence-electron chi connectivity index (χ1n) is 19.3. The monoisotopic (exact) mass is 782 g/mol. The first-order valence-corrected chi connectivity index (χ1v) is 19.3. The molecular formula is C51H38N6O3. The molecule has 0 aliphatic heterocycles. The molecule has 0 atom stereocenters. The molecule has 0 fully saturated rings. The fraction of sp³-hybridized carbons (Fsp3) is 0.0588. The zero-order valence-electron chi connectivity index (χ0n) is 33.2. The lowest BCUT2D eigenvalue weighted by atomic mass is 9.93. The zero-order valence-corrected chi connectivity index (χ0v) is 33.2. The number of nitrogens with zero attached hydrogens (tertiary/aromatic N) is 6. The van der Waals surface area contributed by atoms with E-state index in [9.17, 15) is 0 Å². The van der Waals surface area contributed by atoms with Crippen molar-refractivity contribution in [3.8, 4) is 107 Å². The molecule has 9 rings (SSSR count). The van der Waals surface area contributed by atoms with Crippen molar-refractivity contribution in [1.82, 2.24) is 29.9 Å². The molecule has 0 saturated heterocycles. The third kappa shape index (κ3) is 7.55. The molecule has 3 aromatic carbocycles. The van der Waals surface area contributed by atoms with E-state index in [0.29, 0.717) is 17.2 Å². The second kappa shape index (κ2) is 16.8. The minimum absolute atomic E-state index is 0.504. The summed E-state index contributed by atoms with van der Waals surface area (Å²) in [5.74, 6) is 1.65. The summed E-state index contributed by atoms with van der Waals surface area (Å²) in [6.45, 7) is 0. The Balaban J connectivity index is 1.10. The van der Waals surface area contributed by atoms with Gasteiger partial charge in [0.1, 0.15) is 0 Å². The van der Waals surface area contributed by atoms with Gasteiger partial charge in [-0.25, -0.2) is 9.97 Å². The predicted molar refractivity (Wildman–Crippen MR) is 236 cm³/mol. The molecule has 6 aromatic heterocycles. The number of methoxy groups -OCH3 is 3. The lowest BCUT2D eigenvalue weighted by Crippen LogP contribution is -1.99. The van der Waals surface area contributed by atoms with E-state index in [1.807, 2.05) is 72.8 Å². The van der Waals surface area contributed by atoms with Crippen LogP contribution in [0.1, 0.15) is 0 Å². The topological polar surface area (TPSA) is 105 Å². The Hall–Kier alpha value is -8.04. The molecule has 0 bridgehead atoms. The van der Waals surface area contributed by atoms with Gasteiger partial charge in [-0.1, -0.05) is 72.8 Å². The van der Waals surface area contributed by atoms with Gasteiger partial charge in [-0.2, -0.15) is 0 Å². The number of benzene rings is 3. The quantitative estimate of drug-likeness (QED) is 0.127. The van der Waals surface area contributed by atoms with E-state index in [0.717, 1.165) is 90.1 Å². The van der Waals surface area contributed by atoms with Gasteiger partial charge in [0.15, 0.2) is 11.5 Å². The van der Waals surface area contributed by atoms with Crippen LogP contribution in [-0.4, -0.2) is 51.2 Å². The van der Waals surface area contributed by atoms with Crippen molar-refractivity contribution < 1.29 is 14.2 Å². The van der Waals surface area contributed by atoms with Gasteiger partial charge >= 0.3 is 0 Å². The Morgan fingerprint density at radius 3 is 0.850 bits per heavy atom. The molecule has 0 aliphatic rings. The number of hydrogen-bond acceptors (Lipinski definition) is 9. The number of pyridine rings is 6. The van der Waals surface area contributed by atoms with Gasteiger partial charge in [-0.3, -0.25) is 19.9 Å². The van der Waals surface area contributed by atoms with Crippen LogP contribution in [0.25, 0.3) is 90.1 Å². The highest BCUT2D eigenvalue weighted by atomic mass is 16.5. The molecule has 0 amide bonds. The largest absolute Gasteiger partial charge is 0.492 e. The van der Waals surface area contributed by atoms with Crippen molar-refractivity contribution in [2.45, 2.75) is 0 Å². The highest BCUT2D eigenvalue weighted by molar-refractivity contribution is 5.88. The standard InChI is InChI=1S/C51H38N6O3/c1-58-49-39(35-20-16-33(17-21-35)37-28-45(41-12-4-8-24-52-41)56-46(29-37)42-13-5-9-25-53-42)32-40(50(59-2)51(49)60-3)36-22-18-34(19-23-36)38-30-47(43-14-6-10-26-54-43)57-48(31-38)44-15-7-11-27-55-44/h4-32H,1-3H3. The Bertz CT molecular complexity index is 2580. The van der Waals surface area contributed by atoms with Gasteiger partial charge in [0.05, 0.1) is 66.9 Å². The van der Waals surface area contributed by atoms with Crippen LogP contribution in [-0.2, 0) is 0 Å². The SMILES string of the molecule is COc1c(-c2ccc(-c3cc(-c4ccccn4)nc(-c4ccccn4)c3)cc2)cc(-c2ccc(-c3cc(-c4ccccn4)nc(-c4ccccn4)c3)cc2)c(OC)c1OC. The molecule has 0 N–H and O–H groups in total. The average molecular weight is 783 g/mol. The number of hydrogen-bond donors (Lipinski definition) is 0. The van der Waals surface area contributed by atoms with Gasteiger partial charge in [0.25, 0.3) is 0 Å². The third-order valence-corrected chi connectivity index (χ3v) is 10.2. The van der Waals surface area contributed by atoms with Gasteiger partial charge in [-0.15, -0.1) is 0 Å². The number of ether oxygens (including phenoxy) is 3. The maximum Gasteiger partial charge on any atom is 0.204 e. The summed E-state index contributed by atoms with van der Waals surface area (Å²) >= 11 is 0. The van der Waals surface area contributed by atoms with Crippen molar-refractivity contribution >= 4 is 0 Å². The summed E-state index contributed by atoms with van der Waals surface area (Å²) in [5.41, 5.74) is 13.8. The van der Waals surface area contributed by atoms with Crippen molar-refractivity contribution in [3.63, 3.8) is 0 Å². The van der Waals surface area contributed by atoms with Crippen molar-refractivity contribution in [1.29, 1.82) is 0 Å². The van der Waals surface area contributed by atoms with E-state index < -0.39 is 0 Å². The number of aromatic nitrogens is 6. The molecule has 290 valence electrons. The first-order chi connectivity index (χ1) is 29.6. The summed E-state index contributed by atoms with van der Waals surface area (Å²) in [5, 5.41) is 0. The Kier molecular flexibility index (Phi) is 10.5. The molecule has 60 heavy (non-hydrogen) atoms. The van der Waals surface area contributed by atoms with Gasteiger partial charge < -0.3 is 14.2 Å². The normalized spacial score (nSPS) is 10.9. The molecule has 0 unspecified atom stereocenters. The Labute approximate surface area is 348 Å². The summed E-state index contributed by atoms with van der Waals surface area (Å²) in [6, 6.07) is 50.4. The average Bonchev–Trinajstić information content (AvgIpc) is 3.34. The summed E-state index contributed by atoms with van der Waals surface area (Å²) in [6.07, 6.45) is 7.10. The summed E-state index contributed by atoms with van der Waals surface area (Å²) in [7, 11) is 4.92. The molecule has 9 aromatic rings. The molecule has 9 heteroatoms. The third-order valence-electron chi connectivity index (χ3n) is 10.2. The van der Waals surface area contributed by atoms with E-state index in [-0.39, 0.29) is 0 Å². The molecular weight excluding hydrogens is 745 g/mol. The second-order valence-corrected chi connectivity index (χ2v) is 13.8. The van der Waals surface area contributed by atoms with Crippen LogP contribution in [0.5, 0.6) is 17.2 Å². The maximum absolute atomic E-state index is 6.03. The molecule has 9 nitrogen and oxygen atoms in total. The molecule has 6 heterocycles. The van der Waals surface area contributed by atoms with Crippen LogP contribution in [0.15, 0.2) is 176 Å². The van der Waals surface area contributed by atoms with Crippen molar-refractivity contribution in [2.24, 2.45) is 0 Å². The fourth-order valence-corrected chi connectivity index (χ4v) is 7.30. The second-order valence-electron chi connectivity index (χ2n) is 13.8. The molecule has 0 radical (unpaired) electrons. The Morgan fingerprint density at radius 2 is 0.583 bits per heavy atom. The highest BCUT2D eigenvalue weighted by Gasteiger charge is 2.23. The maximum atomic E-state index is 6.03. The van der Waals surface area contributed by atoms with Crippen LogP contribution in [0.3, 0.4) is 0 Å². The van der Waals surface area contributed by atoms with Crippen LogP contribution < -0.4 is 14.2 Å². The molecule has 0 aliphatic carbocycles. The highest BCUT2D eigenvalue weighted by Crippen LogP contribution is 2.50. The van der Waals surface area contributed by atoms with Gasteiger partial charge in [0.2, 0.25) is 5.75 Å². The van der Waals surface area contributed by atoms with Gasteiger partial charge in [0, 0.05) is 35.9 Å². The number of rotatable bonds is 11. The lowest BCUT2D eigenvalue weighted by molar-refractivity contribution is 0.326. The minimum Gasteiger partial charge on any atom is -0.492 e. The van der Waals surface area contributed by atoms with Crippen molar-refractivity contribution in [2.75, 3.05) is 21.3 Å². The smallest absolute Gasteiger partial charge is 0.204 e. The van der Waals surface area contributed by atoms with E-state index in [1.54, 1.807) is 46.1 Å². The van der Waals surface area contributed by atoms with Crippen LogP contribution >= 0.6 is 0 Å². The minimum atomic E-state index is 0.504. The van der Waals surface area contributed by atoms with Crippen LogP contribution in [0.2, 0.25) is 0 Å². The first kappa shape index (κ1) is 37.5. The van der Waals surface area contributed by atoms with E-state index in [4.69, 9.17) is 24.2 Å².